The summed E-state index contributed by atoms with van der Waals surface area (Å²) in [6.07, 6.45) is 3.91. The fourth-order valence-electron chi connectivity index (χ4n) is 3.33. The van der Waals surface area contributed by atoms with Gasteiger partial charge in [0.1, 0.15) is 6.54 Å². The maximum atomic E-state index is 12.8. The topological polar surface area (TPSA) is 110 Å². The smallest absolute Gasteiger partial charge is 0.246 e. The Morgan fingerprint density at radius 3 is 2.28 bits per heavy atom. The highest BCUT2D eigenvalue weighted by Crippen LogP contribution is 2.22. The van der Waals surface area contributed by atoms with Crippen molar-refractivity contribution < 1.29 is 13.2 Å². The number of aromatic nitrogens is 4. The number of amides is 1. The van der Waals surface area contributed by atoms with Crippen LogP contribution in [0, 0.1) is 0 Å². The maximum Gasteiger partial charge on any atom is 0.246 e. The molecule has 2 heterocycles. The highest BCUT2D eigenvalue weighted by atomic mass is 32.2. The van der Waals surface area contributed by atoms with Gasteiger partial charge in [-0.1, -0.05) is 33.6 Å². The quantitative estimate of drug-likeness (QED) is 0.794. The molecule has 1 aliphatic rings. The zero-order valence-corrected chi connectivity index (χ0v) is 17.9. The molecule has 0 bridgehead atoms. The first-order chi connectivity index (χ1) is 13.7. The molecule has 2 aromatic rings. The van der Waals surface area contributed by atoms with Crippen LogP contribution in [-0.4, -0.2) is 51.9 Å². The molecule has 0 unspecified atom stereocenters. The Hall–Kier alpha value is -2.33. The number of carbonyl (C=O) groups is 1. The second kappa shape index (κ2) is 8.58. The molecule has 1 aromatic heterocycles. The van der Waals surface area contributed by atoms with Crippen LogP contribution in [0.1, 0.15) is 52.3 Å². The van der Waals surface area contributed by atoms with Crippen LogP contribution in [0.5, 0.6) is 0 Å². The number of anilines is 1. The molecule has 0 aliphatic carbocycles. The number of tetrazole rings is 1. The predicted octanol–water partition coefficient (Wildman–Crippen LogP) is 2.17. The van der Waals surface area contributed by atoms with Crippen LogP contribution in [-0.2, 0) is 26.8 Å². The Morgan fingerprint density at radius 1 is 1.07 bits per heavy atom. The number of benzene rings is 1. The van der Waals surface area contributed by atoms with E-state index in [0.717, 1.165) is 25.7 Å². The summed E-state index contributed by atoms with van der Waals surface area (Å²) in [5.41, 5.74) is 0.239. The molecule has 9 nitrogen and oxygen atoms in total. The lowest BCUT2D eigenvalue weighted by Gasteiger charge is -2.20. The Bertz CT molecular complexity index is 939. The van der Waals surface area contributed by atoms with Gasteiger partial charge in [-0.25, -0.2) is 13.1 Å². The first-order valence-electron chi connectivity index (χ1n) is 9.84. The van der Waals surface area contributed by atoms with Crippen LogP contribution >= 0.6 is 0 Å². The van der Waals surface area contributed by atoms with Gasteiger partial charge in [0.25, 0.3) is 0 Å². The van der Waals surface area contributed by atoms with Gasteiger partial charge in [-0.2, -0.15) is 4.31 Å². The van der Waals surface area contributed by atoms with Gasteiger partial charge in [-0.15, -0.1) is 5.10 Å². The lowest BCUT2D eigenvalue weighted by atomic mass is 9.96. The standard InChI is InChI=1S/C19H28N6O3S/c1-19(2,3)18-21-22-23-25(18)14-17(26)20-15-8-10-16(11-9-15)29(27,28)24-12-6-4-5-7-13-24/h8-11H,4-7,12-14H2,1-3H3,(H,20,26). The van der Waals surface area contributed by atoms with Gasteiger partial charge in [0.15, 0.2) is 5.82 Å². The van der Waals surface area contributed by atoms with E-state index in [4.69, 9.17) is 0 Å². The van der Waals surface area contributed by atoms with Crippen molar-refractivity contribution in [3.63, 3.8) is 0 Å². The molecule has 158 valence electrons. The minimum absolute atomic E-state index is 0.0204. The Kier molecular flexibility index (Phi) is 6.33. The normalized spacial score (nSPS) is 16.4. The summed E-state index contributed by atoms with van der Waals surface area (Å²) in [5.74, 6) is 0.331. The Balaban J connectivity index is 1.66. The highest BCUT2D eigenvalue weighted by Gasteiger charge is 2.25. The van der Waals surface area contributed by atoms with Crippen LogP contribution in [0.15, 0.2) is 29.2 Å². The van der Waals surface area contributed by atoms with Crippen molar-refractivity contribution in [3.05, 3.63) is 30.1 Å². The summed E-state index contributed by atoms with van der Waals surface area (Å²) in [6.45, 7) is 7.00. The number of nitrogens with one attached hydrogen (secondary N) is 1. The lowest BCUT2D eigenvalue weighted by molar-refractivity contribution is -0.117. The van der Waals surface area contributed by atoms with Crippen LogP contribution in [0.3, 0.4) is 0 Å². The summed E-state index contributed by atoms with van der Waals surface area (Å²) < 4.78 is 28.7. The predicted molar refractivity (Wildman–Crippen MR) is 109 cm³/mol. The van der Waals surface area contributed by atoms with Crippen molar-refractivity contribution in [1.29, 1.82) is 0 Å². The number of hydrogen-bond donors (Lipinski definition) is 1. The van der Waals surface area contributed by atoms with Gasteiger partial charge in [-0.05, 0) is 47.5 Å². The van der Waals surface area contributed by atoms with E-state index < -0.39 is 10.0 Å². The molecule has 1 aromatic carbocycles. The van der Waals surface area contributed by atoms with Crippen molar-refractivity contribution in [2.45, 2.75) is 63.3 Å². The molecular formula is C19H28N6O3S. The Labute approximate surface area is 171 Å². The van der Waals surface area contributed by atoms with Crippen LogP contribution < -0.4 is 5.32 Å². The Morgan fingerprint density at radius 2 is 1.69 bits per heavy atom. The molecule has 1 N–H and O–H groups in total. The van der Waals surface area contributed by atoms with E-state index in [1.165, 1.54) is 16.8 Å². The molecular weight excluding hydrogens is 392 g/mol. The molecule has 0 spiro atoms. The average Bonchev–Trinajstić information content (AvgIpc) is 2.94. The number of hydrogen-bond acceptors (Lipinski definition) is 6. The van der Waals surface area contributed by atoms with E-state index in [1.807, 2.05) is 20.8 Å². The second-order valence-electron chi connectivity index (χ2n) is 8.30. The third kappa shape index (κ3) is 5.18. The number of sulfonamides is 1. The molecule has 10 heteroatoms. The maximum absolute atomic E-state index is 12.8. The largest absolute Gasteiger partial charge is 0.324 e. The van der Waals surface area contributed by atoms with Gasteiger partial charge < -0.3 is 5.32 Å². The summed E-state index contributed by atoms with van der Waals surface area (Å²) in [7, 11) is -3.50. The minimum Gasteiger partial charge on any atom is -0.324 e. The highest BCUT2D eigenvalue weighted by molar-refractivity contribution is 7.89. The lowest BCUT2D eigenvalue weighted by Crippen LogP contribution is -2.31. The molecule has 29 heavy (non-hydrogen) atoms. The third-order valence-electron chi connectivity index (χ3n) is 4.84. The SMILES string of the molecule is CC(C)(C)c1nnnn1CC(=O)Nc1ccc(S(=O)(=O)N2CCCCCC2)cc1. The molecule has 0 radical (unpaired) electrons. The van der Waals surface area contributed by atoms with Crippen molar-refractivity contribution in [1.82, 2.24) is 24.5 Å². The van der Waals surface area contributed by atoms with Gasteiger partial charge in [0, 0.05) is 24.2 Å². The average molecular weight is 421 g/mol. The molecule has 0 atom stereocenters. The van der Waals surface area contributed by atoms with E-state index in [9.17, 15) is 13.2 Å². The molecule has 0 saturated carbocycles. The third-order valence-corrected chi connectivity index (χ3v) is 6.75. The minimum atomic E-state index is -3.50. The number of rotatable bonds is 5. The second-order valence-corrected chi connectivity index (χ2v) is 10.2. The zero-order chi connectivity index (χ0) is 21.1. The van der Waals surface area contributed by atoms with Gasteiger partial charge in [0.05, 0.1) is 4.90 Å². The van der Waals surface area contributed by atoms with Crippen molar-refractivity contribution in [3.8, 4) is 0 Å². The summed E-state index contributed by atoms with van der Waals surface area (Å²) in [4.78, 5) is 12.6. The first kappa shape index (κ1) is 21.4. The first-order valence-corrected chi connectivity index (χ1v) is 11.3. The molecule has 1 amide bonds. The number of nitrogens with zero attached hydrogens (tertiary/aromatic N) is 5. The number of carbonyl (C=O) groups excluding carboxylic acids is 1. The molecule has 3 rings (SSSR count). The van der Waals surface area contributed by atoms with Crippen molar-refractivity contribution >= 4 is 21.6 Å². The van der Waals surface area contributed by atoms with E-state index in [1.54, 1.807) is 16.4 Å². The van der Waals surface area contributed by atoms with Gasteiger partial charge >= 0.3 is 0 Å². The van der Waals surface area contributed by atoms with Gasteiger partial charge in [0.2, 0.25) is 15.9 Å². The van der Waals surface area contributed by atoms with Gasteiger partial charge in [-0.3, -0.25) is 4.79 Å². The van der Waals surface area contributed by atoms with E-state index >= 15 is 0 Å². The molecule has 1 fully saturated rings. The van der Waals surface area contributed by atoms with Crippen LogP contribution in [0.25, 0.3) is 0 Å². The van der Waals surface area contributed by atoms with Crippen LogP contribution in [0.4, 0.5) is 5.69 Å². The zero-order valence-electron chi connectivity index (χ0n) is 17.1. The molecule has 1 saturated heterocycles. The summed E-state index contributed by atoms with van der Waals surface area (Å²) in [6, 6.07) is 6.28. The summed E-state index contributed by atoms with van der Waals surface area (Å²) in [5, 5.41) is 14.3. The van der Waals surface area contributed by atoms with E-state index in [2.05, 4.69) is 20.8 Å². The van der Waals surface area contributed by atoms with Crippen molar-refractivity contribution in [2.75, 3.05) is 18.4 Å². The summed E-state index contributed by atoms with van der Waals surface area (Å²) >= 11 is 0. The van der Waals surface area contributed by atoms with Crippen LogP contribution in [0.2, 0.25) is 0 Å². The van der Waals surface area contributed by atoms with Crippen molar-refractivity contribution in [2.24, 2.45) is 0 Å². The fourth-order valence-corrected chi connectivity index (χ4v) is 4.84. The monoisotopic (exact) mass is 420 g/mol. The van der Waals surface area contributed by atoms with E-state index in [-0.39, 0.29) is 22.8 Å². The fraction of sp³-hybridized carbons (Fsp3) is 0.579. The van der Waals surface area contributed by atoms with E-state index in [0.29, 0.717) is 24.6 Å². The molecule has 1 aliphatic heterocycles.